The van der Waals surface area contributed by atoms with Gasteiger partial charge in [-0.3, -0.25) is 14.9 Å². The van der Waals surface area contributed by atoms with E-state index in [1.165, 1.54) is 5.56 Å². The highest BCUT2D eigenvalue weighted by atomic mass is 32.2. The van der Waals surface area contributed by atoms with Crippen LogP contribution in [0.2, 0.25) is 0 Å². The van der Waals surface area contributed by atoms with Crippen LogP contribution in [0.1, 0.15) is 30.2 Å². The fraction of sp³-hybridized carbons (Fsp3) is 0.273. The number of thioether (sulfide) groups is 1. The van der Waals surface area contributed by atoms with E-state index in [-0.39, 0.29) is 23.7 Å². The molecule has 8 heteroatoms. The molecule has 0 saturated carbocycles. The van der Waals surface area contributed by atoms with Crippen LogP contribution >= 0.6 is 11.8 Å². The number of amides is 2. The molecule has 1 saturated heterocycles. The van der Waals surface area contributed by atoms with Gasteiger partial charge in [-0.1, -0.05) is 41.0 Å². The van der Waals surface area contributed by atoms with E-state index in [9.17, 15) is 9.59 Å². The number of hydrogen-bond donors (Lipinski definition) is 1. The first kappa shape index (κ1) is 20.2. The van der Waals surface area contributed by atoms with Crippen LogP contribution in [0.15, 0.2) is 63.9 Å². The Morgan fingerprint density at radius 3 is 2.70 bits per heavy atom. The molecule has 1 aromatic heterocycles. The highest BCUT2D eigenvalue weighted by Gasteiger charge is 2.35. The molecular weight excluding hydrogens is 400 g/mol. The Kier molecular flexibility index (Phi) is 6.13. The molecule has 4 rings (SSSR count). The Morgan fingerprint density at radius 1 is 1.17 bits per heavy atom. The summed E-state index contributed by atoms with van der Waals surface area (Å²) in [5.74, 6) is 0.666. The minimum atomic E-state index is -0.187. The van der Waals surface area contributed by atoms with Gasteiger partial charge in [0.1, 0.15) is 0 Å². The third-order valence-corrected chi connectivity index (χ3v) is 5.86. The van der Waals surface area contributed by atoms with E-state index < -0.39 is 0 Å². The number of aryl methyl sites for hydroxylation is 1. The number of aromatic nitrogens is 2. The molecule has 1 unspecified atom stereocenters. The number of carbonyl (C=O) groups is 2. The summed E-state index contributed by atoms with van der Waals surface area (Å²) >= 11 is 1.62. The molecule has 1 fully saturated rings. The molecule has 0 aliphatic carbocycles. The number of anilines is 2. The molecule has 0 radical (unpaired) electrons. The van der Waals surface area contributed by atoms with Gasteiger partial charge in [-0.15, -0.1) is 16.9 Å². The van der Waals surface area contributed by atoms with Gasteiger partial charge in [-0.05, 0) is 31.2 Å². The molecule has 1 aliphatic rings. The number of nitrogens with zero attached hydrogens (tertiary/aromatic N) is 3. The zero-order valence-electron chi connectivity index (χ0n) is 16.6. The lowest BCUT2D eigenvalue weighted by atomic mass is 10.1. The average Bonchev–Trinajstić information content (AvgIpc) is 3.36. The van der Waals surface area contributed by atoms with Crippen LogP contribution in [0.5, 0.6) is 0 Å². The van der Waals surface area contributed by atoms with E-state index in [1.54, 1.807) is 16.7 Å². The Balaban J connectivity index is 1.28. The lowest BCUT2D eigenvalue weighted by Crippen LogP contribution is -2.24. The van der Waals surface area contributed by atoms with Crippen LogP contribution in [0.3, 0.4) is 0 Å². The van der Waals surface area contributed by atoms with Crippen molar-refractivity contribution in [2.45, 2.75) is 30.6 Å². The largest absolute Gasteiger partial charge is 0.407 e. The molecule has 2 amide bonds. The summed E-state index contributed by atoms with van der Waals surface area (Å²) in [6.07, 6.45) is 0.637. The van der Waals surface area contributed by atoms with E-state index in [4.69, 9.17) is 4.42 Å². The van der Waals surface area contributed by atoms with Gasteiger partial charge in [0, 0.05) is 35.7 Å². The highest BCUT2D eigenvalue weighted by Crippen LogP contribution is 2.31. The van der Waals surface area contributed by atoms with Crippen molar-refractivity contribution in [1.82, 2.24) is 10.2 Å². The van der Waals surface area contributed by atoms with Crippen molar-refractivity contribution < 1.29 is 14.0 Å². The average molecular weight is 423 g/mol. The first-order chi connectivity index (χ1) is 14.6. The number of para-hydroxylation sites is 1. The molecule has 154 valence electrons. The van der Waals surface area contributed by atoms with Gasteiger partial charge < -0.3 is 9.32 Å². The molecule has 0 spiro atoms. The maximum Gasteiger partial charge on any atom is 0.322 e. The Bertz CT molecular complexity index is 1020. The van der Waals surface area contributed by atoms with E-state index in [0.717, 1.165) is 10.6 Å². The number of hydrogen-bond acceptors (Lipinski definition) is 6. The number of benzene rings is 2. The normalized spacial score (nSPS) is 16.1. The second-order valence-corrected chi connectivity index (χ2v) is 8.31. The standard InChI is InChI=1S/C22H22N4O3S/c1-15-7-9-18(10-8-15)30-12-11-19(27)23-22-25-24-21(29-22)16-13-20(28)26(14-16)17-5-3-2-4-6-17/h2-10,16H,11-14H2,1H3,(H,23,25,27). The molecule has 1 atom stereocenters. The van der Waals surface area contributed by atoms with Gasteiger partial charge in [0.15, 0.2) is 0 Å². The van der Waals surface area contributed by atoms with Gasteiger partial charge in [-0.2, -0.15) is 0 Å². The van der Waals surface area contributed by atoms with Crippen molar-refractivity contribution in [2.24, 2.45) is 0 Å². The maximum absolute atomic E-state index is 12.4. The zero-order chi connectivity index (χ0) is 20.9. The first-order valence-corrected chi connectivity index (χ1v) is 10.7. The summed E-state index contributed by atoms with van der Waals surface area (Å²) in [6, 6.07) is 17.8. The van der Waals surface area contributed by atoms with Gasteiger partial charge in [0.2, 0.25) is 17.7 Å². The Morgan fingerprint density at radius 2 is 1.93 bits per heavy atom. The summed E-state index contributed by atoms with van der Waals surface area (Å²) in [5, 5.41) is 10.6. The third kappa shape index (κ3) is 4.88. The van der Waals surface area contributed by atoms with Gasteiger partial charge in [0.25, 0.3) is 0 Å². The molecule has 2 heterocycles. The summed E-state index contributed by atoms with van der Waals surface area (Å²) in [6.45, 7) is 2.52. The molecule has 7 nitrogen and oxygen atoms in total. The fourth-order valence-corrected chi connectivity index (χ4v) is 4.11. The smallest absolute Gasteiger partial charge is 0.322 e. The topological polar surface area (TPSA) is 88.3 Å². The van der Waals surface area contributed by atoms with E-state index in [1.807, 2.05) is 49.4 Å². The van der Waals surface area contributed by atoms with Crippen LogP contribution < -0.4 is 10.2 Å². The quantitative estimate of drug-likeness (QED) is 0.579. The maximum atomic E-state index is 12.4. The van der Waals surface area contributed by atoms with Crippen molar-refractivity contribution >= 4 is 35.3 Å². The van der Waals surface area contributed by atoms with E-state index >= 15 is 0 Å². The van der Waals surface area contributed by atoms with Gasteiger partial charge in [-0.25, -0.2) is 0 Å². The molecular formula is C22H22N4O3S. The van der Waals surface area contributed by atoms with Crippen molar-refractivity contribution in [1.29, 1.82) is 0 Å². The van der Waals surface area contributed by atoms with Crippen molar-refractivity contribution in [3.05, 3.63) is 66.1 Å². The molecule has 1 aliphatic heterocycles. The predicted octanol–water partition coefficient (Wildman–Crippen LogP) is 4.02. The molecule has 30 heavy (non-hydrogen) atoms. The minimum absolute atomic E-state index is 0.0168. The molecule has 0 bridgehead atoms. The zero-order valence-corrected chi connectivity index (χ0v) is 17.4. The molecule has 3 aromatic rings. The second kappa shape index (κ2) is 9.13. The summed E-state index contributed by atoms with van der Waals surface area (Å²) in [4.78, 5) is 27.4. The minimum Gasteiger partial charge on any atom is -0.407 e. The number of carbonyl (C=O) groups excluding carboxylic acids is 2. The lowest BCUT2D eigenvalue weighted by Gasteiger charge is -2.15. The van der Waals surface area contributed by atoms with Crippen LogP contribution in [0, 0.1) is 6.92 Å². The third-order valence-electron chi connectivity index (χ3n) is 4.85. The molecule has 1 N–H and O–H groups in total. The SMILES string of the molecule is Cc1ccc(SCCC(=O)Nc2nnc(C3CC(=O)N(c4ccccc4)C3)o2)cc1. The fourth-order valence-electron chi connectivity index (χ4n) is 3.26. The van der Waals surface area contributed by atoms with Crippen molar-refractivity contribution in [3.63, 3.8) is 0 Å². The monoisotopic (exact) mass is 422 g/mol. The van der Waals surface area contributed by atoms with Crippen LogP contribution in [0.25, 0.3) is 0 Å². The Hall–Kier alpha value is -3.13. The summed E-state index contributed by atoms with van der Waals surface area (Å²) in [5.41, 5.74) is 2.06. The summed E-state index contributed by atoms with van der Waals surface area (Å²) < 4.78 is 5.61. The molecule has 2 aromatic carbocycles. The van der Waals surface area contributed by atoms with Crippen molar-refractivity contribution in [2.75, 3.05) is 22.5 Å². The van der Waals surface area contributed by atoms with Crippen LogP contribution in [0.4, 0.5) is 11.7 Å². The highest BCUT2D eigenvalue weighted by molar-refractivity contribution is 7.99. The number of rotatable bonds is 7. The van der Waals surface area contributed by atoms with Crippen molar-refractivity contribution in [3.8, 4) is 0 Å². The van der Waals surface area contributed by atoms with E-state index in [2.05, 4.69) is 27.6 Å². The van der Waals surface area contributed by atoms with E-state index in [0.29, 0.717) is 31.0 Å². The van der Waals surface area contributed by atoms with Crippen LogP contribution in [-0.4, -0.2) is 34.3 Å². The van der Waals surface area contributed by atoms with Gasteiger partial charge in [0.05, 0.1) is 5.92 Å². The number of nitrogens with one attached hydrogen (secondary N) is 1. The Labute approximate surface area is 178 Å². The summed E-state index contributed by atoms with van der Waals surface area (Å²) in [7, 11) is 0. The second-order valence-electron chi connectivity index (χ2n) is 7.15. The lowest BCUT2D eigenvalue weighted by molar-refractivity contribution is -0.117. The predicted molar refractivity (Wildman–Crippen MR) is 116 cm³/mol. The first-order valence-electron chi connectivity index (χ1n) is 9.76. The van der Waals surface area contributed by atoms with Crippen LogP contribution in [-0.2, 0) is 9.59 Å². The van der Waals surface area contributed by atoms with Gasteiger partial charge >= 0.3 is 6.01 Å².